The second-order valence-electron chi connectivity index (χ2n) is 7.59. The summed E-state index contributed by atoms with van der Waals surface area (Å²) in [5.74, 6) is -4.22. The fraction of sp³-hybridized carbons (Fsp3) is 0.429. The number of pyridine rings is 1. The summed E-state index contributed by atoms with van der Waals surface area (Å²) >= 11 is 0. The third-order valence-electron chi connectivity index (χ3n) is 5.08. The Morgan fingerprint density at radius 2 is 2.10 bits per heavy atom. The molecule has 3 rings (SSSR count). The summed E-state index contributed by atoms with van der Waals surface area (Å²) in [5.41, 5.74) is -0.249. The number of amides is 1. The highest BCUT2D eigenvalue weighted by molar-refractivity contribution is 6.11. The van der Waals surface area contributed by atoms with E-state index in [1.54, 1.807) is 20.0 Å². The van der Waals surface area contributed by atoms with Gasteiger partial charge in [-0.2, -0.15) is 0 Å². The van der Waals surface area contributed by atoms with Crippen molar-refractivity contribution >= 4 is 28.4 Å². The van der Waals surface area contributed by atoms with Crippen LogP contribution in [0, 0.1) is 5.92 Å². The molecule has 1 amide bonds. The van der Waals surface area contributed by atoms with Crippen molar-refractivity contribution in [1.29, 1.82) is 0 Å². The Labute approximate surface area is 173 Å². The Bertz CT molecular complexity index is 990. The number of carbonyl (C=O) groups excluding carboxylic acids is 2. The van der Waals surface area contributed by atoms with E-state index in [1.165, 1.54) is 0 Å². The first-order valence-electron chi connectivity index (χ1n) is 9.56. The van der Waals surface area contributed by atoms with Crippen LogP contribution in [0.2, 0.25) is 0 Å². The highest BCUT2D eigenvalue weighted by Gasteiger charge is 2.50. The Balaban J connectivity index is 1.81. The maximum Gasteiger partial charge on any atom is 0.305 e. The quantitative estimate of drug-likeness (QED) is 0.527. The van der Waals surface area contributed by atoms with E-state index in [2.05, 4.69) is 20.2 Å². The van der Waals surface area contributed by atoms with Gasteiger partial charge in [-0.05, 0) is 11.5 Å². The highest BCUT2D eigenvalue weighted by Crippen LogP contribution is 2.35. The van der Waals surface area contributed by atoms with E-state index in [0.29, 0.717) is 11.4 Å². The van der Waals surface area contributed by atoms with Crippen molar-refractivity contribution in [2.75, 3.05) is 13.2 Å². The number of oxime groups is 1. The number of aromatic nitrogens is 1. The molecule has 2 heterocycles. The van der Waals surface area contributed by atoms with Crippen LogP contribution in [0.3, 0.4) is 0 Å². The fourth-order valence-corrected chi connectivity index (χ4v) is 3.37. The van der Waals surface area contributed by atoms with Gasteiger partial charge in [0, 0.05) is 30.8 Å². The van der Waals surface area contributed by atoms with Crippen LogP contribution in [-0.2, 0) is 19.2 Å². The van der Waals surface area contributed by atoms with Gasteiger partial charge in [0.15, 0.2) is 6.67 Å². The minimum Gasteiger partial charge on any atom is -0.429 e. The van der Waals surface area contributed by atoms with Crippen LogP contribution < -0.4 is 5.32 Å². The Morgan fingerprint density at radius 1 is 1.37 bits per heavy atom. The molecule has 30 heavy (non-hydrogen) atoms. The van der Waals surface area contributed by atoms with E-state index >= 15 is 0 Å². The van der Waals surface area contributed by atoms with E-state index in [-0.39, 0.29) is 12.3 Å². The lowest BCUT2D eigenvalue weighted by Crippen LogP contribution is -2.56. The van der Waals surface area contributed by atoms with Crippen molar-refractivity contribution in [3.8, 4) is 0 Å². The van der Waals surface area contributed by atoms with Gasteiger partial charge in [-0.25, -0.2) is 4.39 Å². The number of fused-ring (bicyclic) bond motifs is 1. The molecule has 0 spiro atoms. The average molecular weight is 417 g/mol. The molecule has 2 atom stereocenters. The third kappa shape index (κ3) is 4.11. The molecule has 1 aliphatic rings. The van der Waals surface area contributed by atoms with Gasteiger partial charge in [-0.15, -0.1) is 0 Å². The van der Waals surface area contributed by atoms with Crippen molar-refractivity contribution in [3.63, 3.8) is 0 Å². The number of carbonyl (C=O) groups is 2. The lowest BCUT2D eigenvalue weighted by molar-refractivity contribution is -0.212. The Morgan fingerprint density at radius 3 is 2.77 bits per heavy atom. The molecule has 8 nitrogen and oxygen atoms in total. The second-order valence-corrected chi connectivity index (χ2v) is 7.59. The van der Waals surface area contributed by atoms with Crippen LogP contribution in [0.25, 0.3) is 10.8 Å². The number of aliphatic hydroxyl groups is 1. The van der Waals surface area contributed by atoms with E-state index in [0.717, 1.165) is 17.7 Å². The first-order chi connectivity index (χ1) is 14.2. The molecule has 0 fully saturated rings. The minimum absolute atomic E-state index is 0.138. The highest BCUT2D eigenvalue weighted by atomic mass is 19.1. The topological polar surface area (TPSA) is 110 Å². The molecule has 0 bridgehead atoms. The molecule has 1 aromatic heterocycles. The molecule has 1 unspecified atom stereocenters. The number of hydrogen-bond acceptors (Lipinski definition) is 7. The van der Waals surface area contributed by atoms with E-state index < -0.39 is 36.5 Å². The summed E-state index contributed by atoms with van der Waals surface area (Å²) in [6.07, 6.45) is 1.80. The number of nitrogens with one attached hydrogen (secondary N) is 1. The molecule has 1 aromatic carbocycles. The molecule has 0 saturated carbocycles. The Hall–Kier alpha value is -3.07. The van der Waals surface area contributed by atoms with Crippen LogP contribution in [-0.4, -0.2) is 52.3 Å². The number of halogens is 1. The van der Waals surface area contributed by atoms with Crippen molar-refractivity contribution in [2.45, 2.75) is 38.6 Å². The molecular formula is C21H24FN3O5. The first-order valence-corrected chi connectivity index (χ1v) is 9.56. The Kier molecular flexibility index (Phi) is 6.02. The number of ether oxygens (including phenoxy) is 1. The van der Waals surface area contributed by atoms with Gasteiger partial charge < -0.3 is 20.0 Å². The third-order valence-corrected chi connectivity index (χ3v) is 5.08. The zero-order valence-electron chi connectivity index (χ0n) is 17.0. The molecule has 160 valence electrons. The summed E-state index contributed by atoms with van der Waals surface area (Å²) in [5, 5.41) is 18.5. The molecule has 2 N–H and O–H groups in total. The van der Waals surface area contributed by atoms with Gasteiger partial charge in [0.2, 0.25) is 5.60 Å². The van der Waals surface area contributed by atoms with Crippen molar-refractivity contribution in [3.05, 3.63) is 42.2 Å². The van der Waals surface area contributed by atoms with E-state index in [4.69, 9.17) is 4.84 Å². The molecule has 1 aliphatic heterocycles. The predicted molar refractivity (Wildman–Crippen MR) is 107 cm³/mol. The molecule has 0 saturated heterocycles. The lowest BCUT2D eigenvalue weighted by Gasteiger charge is -2.31. The maximum atomic E-state index is 13.2. The van der Waals surface area contributed by atoms with Crippen LogP contribution in [0.15, 0.2) is 41.7 Å². The van der Waals surface area contributed by atoms with Crippen molar-refractivity contribution in [2.24, 2.45) is 11.1 Å². The predicted octanol–water partition coefficient (Wildman–Crippen LogP) is 2.09. The van der Waals surface area contributed by atoms with E-state index in [1.807, 2.05) is 30.3 Å². The zero-order valence-corrected chi connectivity index (χ0v) is 17.0. The fourth-order valence-electron chi connectivity index (χ4n) is 3.37. The average Bonchev–Trinajstić information content (AvgIpc) is 3.18. The minimum atomic E-state index is -2.45. The van der Waals surface area contributed by atoms with E-state index in [9.17, 15) is 19.1 Å². The van der Waals surface area contributed by atoms with Crippen LogP contribution in [0.5, 0.6) is 0 Å². The smallest absolute Gasteiger partial charge is 0.305 e. The number of benzene rings is 1. The van der Waals surface area contributed by atoms with Gasteiger partial charge in [0.05, 0.1) is 12.2 Å². The zero-order chi connectivity index (χ0) is 21.9. The van der Waals surface area contributed by atoms with Gasteiger partial charge in [0.1, 0.15) is 5.71 Å². The van der Waals surface area contributed by atoms with Gasteiger partial charge in [-0.3, -0.25) is 14.6 Å². The number of esters is 1. The summed E-state index contributed by atoms with van der Waals surface area (Å²) in [6.45, 7) is 2.63. The normalized spacial score (nSPS) is 20.4. The lowest BCUT2D eigenvalue weighted by atomic mass is 9.83. The molecule has 0 aliphatic carbocycles. The molecule has 9 heteroatoms. The SMILES string of the molecule is CC(=O)O[C@](O)(CF)CNC(=O)C1(C(C)C)CC(c2nccc3ccccc23)=NO1. The molecular weight excluding hydrogens is 393 g/mol. The number of nitrogens with zero attached hydrogens (tertiary/aromatic N) is 2. The summed E-state index contributed by atoms with van der Waals surface area (Å²) < 4.78 is 17.8. The monoisotopic (exact) mass is 417 g/mol. The summed E-state index contributed by atoms with van der Waals surface area (Å²) in [6, 6.07) is 9.55. The van der Waals surface area contributed by atoms with Gasteiger partial charge in [0.25, 0.3) is 11.7 Å². The largest absolute Gasteiger partial charge is 0.429 e. The summed E-state index contributed by atoms with van der Waals surface area (Å²) in [7, 11) is 0. The number of alkyl halides is 1. The first kappa shape index (κ1) is 21.6. The van der Waals surface area contributed by atoms with Gasteiger partial charge >= 0.3 is 5.97 Å². The molecule has 2 aromatic rings. The van der Waals surface area contributed by atoms with Crippen LogP contribution in [0.4, 0.5) is 4.39 Å². The molecule has 0 radical (unpaired) electrons. The van der Waals surface area contributed by atoms with Crippen molar-refractivity contribution in [1.82, 2.24) is 10.3 Å². The van der Waals surface area contributed by atoms with Crippen LogP contribution >= 0.6 is 0 Å². The van der Waals surface area contributed by atoms with Crippen molar-refractivity contribution < 1.29 is 28.7 Å². The maximum absolute atomic E-state index is 13.2. The standard InChI is InChI=1S/C21H24FN3O5/c1-13(2)21(19(27)24-12-20(28,11-22)29-14(3)26)10-17(25-30-21)18-16-7-5-4-6-15(16)8-9-23-18/h4-9,13,28H,10-12H2,1-3H3,(H,24,27)/t20-,21?/m1/s1. The van der Waals surface area contributed by atoms with Gasteiger partial charge in [-0.1, -0.05) is 43.3 Å². The summed E-state index contributed by atoms with van der Waals surface area (Å²) in [4.78, 5) is 34.1. The second kappa shape index (κ2) is 8.35. The number of hydrogen-bond donors (Lipinski definition) is 2. The van der Waals surface area contributed by atoms with Crippen LogP contribution in [0.1, 0.15) is 32.9 Å². The number of rotatable bonds is 7.